The van der Waals surface area contributed by atoms with E-state index in [0.29, 0.717) is 0 Å². The summed E-state index contributed by atoms with van der Waals surface area (Å²) >= 11 is 0. The van der Waals surface area contributed by atoms with Crippen molar-refractivity contribution in [2.75, 3.05) is 17.7 Å². The van der Waals surface area contributed by atoms with Crippen molar-refractivity contribution < 1.29 is 0 Å². The van der Waals surface area contributed by atoms with Crippen LogP contribution in [-0.2, 0) is 0 Å². The molecule has 0 amide bonds. The van der Waals surface area contributed by atoms with Gasteiger partial charge in [-0.25, -0.2) is 4.98 Å². The van der Waals surface area contributed by atoms with E-state index in [9.17, 15) is 0 Å². The number of pyridine rings is 1. The van der Waals surface area contributed by atoms with Crippen LogP contribution in [0.25, 0.3) is 21.8 Å². The van der Waals surface area contributed by atoms with Gasteiger partial charge in [-0.2, -0.15) is 0 Å². The molecular weight excluding hydrogens is 306 g/mol. The second-order valence-corrected chi connectivity index (χ2v) is 6.38. The van der Waals surface area contributed by atoms with Gasteiger partial charge in [0.05, 0.1) is 16.7 Å². The lowest BCUT2D eigenvalue weighted by Gasteiger charge is -2.15. The summed E-state index contributed by atoms with van der Waals surface area (Å²) in [5.41, 5.74) is 7.80. The van der Waals surface area contributed by atoms with Crippen LogP contribution in [0.5, 0.6) is 0 Å². The zero-order chi connectivity index (χ0) is 17.4. The second-order valence-electron chi connectivity index (χ2n) is 6.38. The Morgan fingerprint density at radius 2 is 1.60 bits per heavy atom. The van der Waals surface area contributed by atoms with Crippen LogP contribution in [0.15, 0.2) is 60.7 Å². The van der Waals surface area contributed by atoms with Gasteiger partial charge >= 0.3 is 0 Å². The van der Waals surface area contributed by atoms with Crippen LogP contribution in [0.2, 0.25) is 0 Å². The molecule has 0 bridgehead atoms. The zero-order valence-electron chi connectivity index (χ0n) is 14.7. The molecule has 0 spiro atoms. The van der Waals surface area contributed by atoms with E-state index in [4.69, 9.17) is 4.98 Å². The molecule has 0 aliphatic heterocycles. The summed E-state index contributed by atoms with van der Waals surface area (Å²) in [5.74, 6) is 0. The van der Waals surface area contributed by atoms with E-state index in [1.54, 1.807) is 0 Å². The fourth-order valence-corrected chi connectivity index (χ4v) is 3.36. The van der Waals surface area contributed by atoms with Crippen LogP contribution in [-0.4, -0.2) is 12.0 Å². The highest BCUT2D eigenvalue weighted by Crippen LogP contribution is 2.34. The van der Waals surface area contributed by atoms with Crippen LogP contribution in [0.3, 0.4) is 0 Å². The highest BCUT2D eigenvalue weighted by atomic mass is 14.9. The molecule has 0 saturated carbocycles. The predicted molar refractivity (Wildman–Crippen MR) is 108 cm³/mol. The Kier molecular flexibility index (Phi) is 3.77. The van der Waals surface area contributed by atoms with Crippen molar-refractivity contribution in [3.63, 3.8) is 0 Å². The van der Waals surface area contributed by atoms with Crippen molar-refractivity contribution in [3.05, 3.63) is 71.8 Å². The Labute approximate surface area is 147 Å². The van der Waals surface area contributed by atoms with Crippen LogP contribution in [0.1, 0.15) is 11.1 Å². The summed E-state index contributed by atoms with van der Waals surface area (Å²) in [6, 6.07) is 21.0. The number of nitrogens with one attached hydrogen (secondary N) is 2. The molecule has 2 N–H and O–H groups in total. The normalized spacial score (nSPS) is 11.0. The van der Waals surface area contributed by atoms with Gasteiger partial charge in [0.15, 0.2) is 0 Å². The molecule has 3 nitrogen and oxygen atoms in total. The molecule has 0 radical (unpaired) electrons. The molecule has 0 unspecified atom stereocenters. The number of hydrogen-bond acceptors (Lipinski definition) is 3. The summed E-state index contributed by atoms with van der Waals surface area (Å²) < 4.78 is 0. The number of nitrogens with zero attached hydrogens (tertiary/aromatic N) is 1. The molecule has 25 heavy (non-hydrogen) atoms. The highest BCUT2D eigenvalue weighted by Gasteiger charge is 2.11. The molecule has 3 aromatic carbocycles. The Hall–Kier alpha value is -3.07. The van der Waals surface area contributed by atoms with E-state index < -0.39 is 0 Å². The van der Waals surface area contributed by atoms with Gasteiger partial charge in [0, 0.05) is 29.2 Å². The minimum atomic E-state index is 1.01. The van der Waals surface area contributed by atoms with Gasteiger partial charge < -0.3 is 10.6 Å². The predicted octanol–water partition coefficient (Wildman–Crippen LogP) is 5.79. The summed E-state index contributed by atoms with van der Waals surface area (Å²) in [6.07, 6.45) is 0. The number of para-hydroxylation sites is 2. The Morgan fingerprint density at radius 3 is 2.40 bits per heavy atom. The SMILES string of the molecule is CNc1ccc(Nc2c3ccccc3nc3c(C)cccc23)cc1C. The van der Waals surface area contributed by atoms with E-state index in [1.165, 1.54) is 11.1 Å². The number of aryl methyl sites for hydroxylation is 2. The van der Waals surface area contributed by atoms with Gasteiger partial charge in [-0.1, -0.05) is 36.4 Å². The number of fused-ring (bicyclic) bond motifs is 2. The molecule has 1 aromatic heterocycles. The maximum atomic E-state index is 4.87. The van der Waals surface area contributed by atoms with Crippen molar-refractivity contribution in [2.24, 2.45) is 0 Å². The van der Waals surface area contributed by atoms with Crippen LogP contribution < -0.4 is 10.6 Å². The van der Waals surface area contributed by atoms with Crippen molar-refractivity contribution in [1.82, 2.24) is 4.98 Å². The van der Waals surface area contributed by atoms with Crippen LogP contribution >= 0.6 is 0 Å². The van der Waals surface area contributed by atoms with Gasteiger partial charge in [-0.15, -0.1) is 0 Å². The monoisotopic (exact) mass is 327 g/mol. The number of benzene rings is 3. The van der Waals surface area contributed by atoms with E-state index in [2.05, 4.69) is 79.1 Å². The molecule has 0 saturated heterocycles. The summed E-state index contributed by atoms with van der Waals surface area (Å²) in [4.78, 5) is 4.87. The van der Waals surface area contributed by atoms with Crippen molar-refractivity contribution >= 4 is 38.9 Å². The first-order chi connectivity index (χ1) is 12.2. The number of anilines is 3. The molecule has 0 aliphatic carbocycles. The van der Waals surface area contributed by atoms with Gasteiger partial charge in [0.25, 0.3) is 0 Å². The van der Waals surface area contributed by atoms with E-state index in [1.807, 2.05) is 13.1 Å². The summed E-state index contributed by atoms with van der Waals surface area (Å²) in [5, 5.41) is 9.14. The Balaban J connectivity index is 1.95. The molecule has 1 heterocycles. The number of rotatable bonds is 3. The molecule has 0 atom stereocenters. The maximum Gasteiger partial charge on any atom is 0.0759 e. The van der Waals surface area contributed by atoms with Crippen molar-refractivity contribution in [2.45, 2.75) is 13.8 Å². The molecule has 4 aromatic rings. The Bertz CT molecular complexity index is 1080. The van der Waals surface area contributed by atoms with E-state index >= 15 is 0 Å². The Morgan fingerprint density at radius 1 is 0.800 bits per heavy atom. The van der Waals surface area contributed by atoms with Crippen molar-refractivity contribution in [1.29, 1.82) is 0 Å². The molecule has 124 valence electrons. The molecule has 0 aliphatic rings. The van der Waals surface area contributed by atoms with Gasteiger partial charge in [0.2, 0.25) is 0 Å². The average Bonchev–Trinajstić information content (AvgIpc) is 2.62. The average molecular weight is 327 g/mol. The van der Waals surface area contributed by atoms with Gasteiger partial charge in [-0.3, -0.25) is 0 Å². The minimum Gasteiger partial charge on any atom is -0.388 e. The third kappa shape index (κ3) is 2.68. The minimum absolute atomic E-state index is 1.01. The first-order valence-corrected chi connectivity index (χ1v) is 8.51. The first-order valence-electron chi connectivity index (χ1n) is 8.51. The number of hydrogen-bond donors (Lipinski definition) is 2. The lowest BCUT2D eigenvalue weighted by atomic mass is 10.0. The highest BCUT2D eigenvalue weighted by molar-refractivity contribution is 6.09. The summed E-state index contributed by atoms with van der Waals surface area (Å²) in [6.45, 7) is 4.23. The molecule has 4 rings (SSSR count). The van der Waals surface area contributed by atoms with Gasteiger partial charge in [-0.05, 0) is 49.2 Å². The fourth-order valence-electron chi connectivity index (χ4n) is 3.36. The zero-order valence-corrected chi connectivity index (χ0v) is 14.7. The third-order valence-electron chi connectivity index (χ3n) is 4.68. The fraction of sp³-hybridized carbons (Fsp3) is 0.136. The lowest BCUT2D eigenvalue weighted by Crippen LogP contribution is -1.98. The maximum absolute atomic E-state index is 4.87. The molecule has 3 heteroatoms. The lowest BCUT2D eigenvalue weighted by molar-refractivity contribution is 1.39. The van der Waals surface area contributed by atoms with Crippen LogP contribution in [0, 0.1) is 13.8 Å². The summed E-state index contributed by atoms with van der Waals surface area (Å²) in [7, 11) is 1.95. The third-order valence-corrected chi connectivity index (χ3v) is 4.68. The van der Waals surface area contributed by atoms with E-state index in [0.717, 1.165) is 38.9 Å². The van der Waals surface area contributed by atoms with E-state index in [-0.39, 0.29) is 0 Å². The topological polar surface area (TPSA) is 37.0 Å². The standard InChI is InChI=1S/C22H21N3/c1-14-7-6-9-18-21(14)25-20-10-5-4-8-17(20)22(18)24-16-11-12-19(23-3)15(2)13-16/h4-13,23H,1-3H3,(H,24,25). The molecular formula is C22H21N3. The smallest absolute Gasteiger partial charge is 0.0759 e. The number of aromatic nitrogens is 1. The largest absolute Gasteiger partial charge is 0.388 e. The van der Waals surface area contributed by atoms with Crippen molar-refractivity contribution in [3.8, 4) is 0 Å². The second kappa shape index (κ2) is 6.10. The van der Waals surface area contributed by atoms with Crippen LogP contribution in [0.4, 0.5) is 17.1 Å². The quantitative estimate of drug-likeness (QED) is 0.468. The van der Waals surface area contributed by atoms with Gasteiger partial charge in [0.1, 0.15) is 0 Å². The first kappa shape index (κ1) is 15.5. The molecule has 0 fully saturated rings.